The van der Waals surface area contributed by atoms with Crippen LogP contribution in [-0.2, 0) is 17.7 Å². The topological polar surface area (TPSA) is 83.3 Å². The van der Waals surface area contributed by atoms with Gasteiger partial charge in [0.25, 0.3) is 0 Å². The minimum atomic E-state index is 0.251. The lowest BCUT2D eigenvalue weighted by Crippen LogP contribution is -2.55. The van der Waals surface area contributed by atoms with Crippen molar-refractivity contribution in [2.45, 2.75) is 25.9 Å². The Morgan fingerprint density at radius 3 is 3.13 bits per heavy atom. The standard InChI is InChI=1S/C23H24N6O2/c1-2-15-10-17(31-27-15)13-28-12-16-14-30-9-8-29(16)23-21(28)11-25-22(26-23)19-4-3-5-20-18(19)6-7-24-20/h3-7,10-11,16,24H,2,8-9,12-14H2,1H3/t16-/m1/s1. The Bertz CT molecular complexity index is 1230. The quantitative estimate of drug-likeness (QED) is 0.546. The molecule has 6 rings (SSSR count). The van der Waals surface area contributed by atoms with E-state index in [2.05, 4.69) is 45.1 Å². The summed E-state index contributed by atoms with van der Waals surface area (Å²) in [5.41, 5.74) is 4.12. The van der Waals surface area contributed by atoms with Crippen LogP contribution in [-0.4, -0.2) is 52.5 Å². The molecule has 4 aromatic rings. The molecule has 158 valence electrons. The molecule has 1 saturated heterocycles. The molecule has 1 N–H and O–H groups in total. The van der Waals surface area contributed by atoms with Crippen LogP contribution in [0.2, 0.25) is 0 Å². The Hall–Kier alpha value is -3.39. The number of anilines is 2. The molecule has 8 heteroatoms. The normalized spacial score (nSPS) is 18.3. The fourth-order valence-corrected chi connectivity index (χ4v) is 4.58. The van der Waals surface area contributed by atoms with Gasteiger partial charge >= 0.3 is 0 Å². The molecule has 1 atom stereocenters. The van der Waals surface area contributed by atoms with Gasteiger partial charge in [0.1, 0.15) is 0 Å². The van der Waals surface area contributed by atoms with Crippen LogP contribution in [0.1, 0.15) is 18.4 Å². The molecule has 0 bridgehead atoms. The van der Waals surface area contributed by atoms with Crippen LogP contribution in [0.25, 0.3) is 22.3 Å². The van der Waals surface area contributed by atoms with E-state index in [4.69, 9.17) is 19.2 Å². The third-order valence-electron chi connectivity index (χ3n) is 6.17. The monoisotopic (exact) mass is 416 g/mol. The van der Waals surface area contributed by atoms with E-state index in [1.165, 1.54) is 0 Å². The smallest absolute Gasteiger partial charge is 0.162 e. The maximum absolute atomic E-state index is 5.78. The number of rotatable bonds is 4. The summed E-state index contributed by atoms with van der Waals surface area (Å²) in [6.07, 6.45) is 4.77. The second-order valence-electron chi connectivity index (χ2n) is 8.09. The van der Waals surface area contributed by atoms with E-state index in [1.807, 2.05) is 24.5 Å². The van der Waals surface area contributed by atoms with Gasteiger partial charge in [0.05, 0.1) is 43.4 Å². The molecule has 2 aliphatic heterocycles. The summed E-state index contributed by atoms with van der Waals surface area (Å²) in [6, 6.07) is 10.5. The van der Waals surface area contributed by atoms with Gasteiger partial charge in [0, 0.05) is 41.8 Å². The number of hydrogen-bond acceptors (Lipinski definition) is 7. The average molecular weight is 416 g/mol. The van der Waals surface area contributed by atoms with Crippen LogP contribution in [0.5, 0.6) is 0 Å². The molecule has 0 spiro atoms. The highest BCUT2D eigenvalue weighted by atomic mass is 16.5. The van der Waals surface area contributed by atoms with E-state index in [-0.39, 0.29) is 6.04 Å². The second kappa shape index (κ2) is 7.39. The summed E-state index contributed by atoms with van der Waals surface area (Å²) < 4.78 is 11.3. The van der Waals surface area contributed by atoms with Crippen LogP contribution in [0.4, 0.5) is 11.5 Å². The zero-order valence-electron chi connectivity index (χ0n) is 17.4. The van der Waals surface area contributed by atoms with E-state index in [0.717, 1.165) is 64.8 Å². The predicted octanol–water partition coefficient (Wildman–Crippen LogP) is 3.40. The number of aromatic amines is 1. The second-order valence-corrected chi connectivity index (χ2v) is 8.09. The lowest BCUT2D eigenvalue weighted by molar-refractivity contribution is 0.0934. The van der Waals surface area contributed by atoms with Gasteiger partial charge in [-0.1, -0.05) is 24.2 Å². The van der Waals surface area contributed by atoms with Crippen molar-refractivity contribution in [2.75, 3.05) is 36.1 Å². The molecule has 0 radical (unpaired) electrons. The third-order valence-corrected chi connectivity index (χ3v) is 6.17. The third kappa shape index (κ3) is 3.14. The van der Waals surface area contributed by atoms with Crippen molar-refractivity contribution in [3.63, 3.8) is 0 Å². The Morgan fingerprint density at radius 1 is 1.26 bits per heavy atom. The number of nitrogens with zero attached hydrogens (tertiary/aromatic N) is 5. The van der Waals surface area contributed by atoms with Gasteiger partial charge < -0.3 is 24.0 Å². The van der Waals surface area contributed by atoms with E-state index >= 15 is 0 Å². The van der Waals surface area contributed by atoms with Gasteiger partial charge in [-0.3, -0.25) is 0 Å². The first kappa shape index (κ1) is 18.4. The molecule has 0 saturated carbocycles. The van der Waals surface area contributed by atoms with Gasteiger partial charge in [-0.2, -0.15) is 0 Å². The Morgan fingerprint density at radius 2 is 2.23 bits per heavy atom. The lowest BCUT2D eigenvalue weighted by Gasteiger charge is -2.45. The number of benzene rings is 1. The van der Waals surface area contributed by atoms with Crippen molar-refractivity contribution in [3.8, 4) is 11.4 Å². The highest BCUT2D eigenvalue weighted by molar-refractivity contribution is 5.93. The number of ether oxygens (including phenoxy) is 1. The lowest BCUT2D eigenvalue weighted by atomic mass is 10.1. The van der Waals surface area contributed by atoms with E-state index in [1.54, 1.807) is 0 Å². The maximum Gasteiger partial charge on any atom is 0.162 e. The minimum Gasteiger partial charge on any atom is -0.377 e. The fourth-order valence-electron chi connectivity index (χ4n) is 4.58. The molecule has 8 nitrogen and oxygen atoms in total. The molecular formula is C23H24N6O2. The molecule has 31 heavy (non-hydrogen) atoms. The first-order chi connectivity index (χ1) is 15.3. The van der Waals surface area contributed by atoms with Crippen LogP contribution in [0.3, 0.4) is 0 Å². The number of aromatic nitrogens is 4. The largest absolute Gasteiger partial charge is 0.377 e. The molecule has 1 aromatic carbocycles. The van der Waals surface area contributed by atoms with Crippen molar-refractivity contribution in [1.29, 1.82) is 0 Å². The zero-order valence-corrected chi connectivity index (χ0v) is 17.4. The Kier molecular flexibility index (Phi) is 4.38. The molecule has 3 aromatic heterocycles. The summed E-state index contributed by atoms with van der Waals surface area (Å²) in [5, 5.41) is 5.27. The fraction of sp³-hybridized carbons (Fsp3) is 0.348. The zero-order chi connectivity index (χ0) is 20.8. The highest BCUT2D eigenvalue weighted by Crippen LogP contribution is 2.37. The summed E-state index contributed by atoms with van der Waals surface area (Å²) >= 11 is 0. The molecule has 5 heterocycles. The summed E-state index contributed by atoms with van der Waals surface area (Å²) in [6.45, 7) is 5.80. The Labute approximate surface area is 179 Å². The summed E-state index contributed by atoms with van der Waals surface area (Å²) in [5.74, 6) is 2.56. The van der Waals surface area contributed by atoms with Gasteiger partial charge in [0.2, 0.25) is 0 Å². The van der Waals surface area contributed by atoms with Crippen molar-refractivity contribution in [3.05, 3.63) is 54.2 Å². The SMILES string of the molecule is CCc1cc(CN2C[C@@H]3COCCN3c3nc(-c4cccc5[nH]ccc45)ncc32)on1. The maximum atomic E-state index is 5.78. The molecule has 0 aliphatic carbocycles. The van der Waals surface area contributed by atoms with E-state index < -0.39 is 0 Å². The number of morpholine rings is 1. The van der Waals surface area contributed by atoms with Gasteiger partial charge in [-0.05, 0) is 18.6 Å². The van der Waals surface area contributed by atoms with Crippen LogP contribution in [0.15, 0.2) is 47.2 Å². The minimum absolute atomic E-state index is 0.251. The van der Waals surface area contributed by atoms with Crippen molar-refractivity contribution < 1.29 is 9.26 Å². The number of fused-ring (bicyclic) bond motifs is 4. The Balaban J connectivity index is 1.42. The van der Waals surface area contributed by atoms with Gasteiger partial charge in [-0.15, -0.1) is 0 Å². The van der Waals surface area contributed by atoms with E-state index in [0.29, 0.717) is 19.8 Å². The van der Waals surface area contributed by atoms with Crippen LogP contribution < -0.4 is 9.80 Å². The molecule has 0 unspecified atom stereocenters. The summed E-state index contributed by atoms with van der Waals surface area (Å²) in [4.78, 5) is 17.8. The van der Waals surface area contributed by atoms with Crippen molar-refractivity contribution in [2.24, 2.45) is 0 Å². The van der Waals surface area contributed by atoms with Crippen molar-refractivity contribution >= 4 is 22.4 Å². The van der Waals surface area contributed by atoms with Crippen LogP contribution in [0, 0.1) is 0 Å². The van der Waals surface area contributed by atoms with E-state index in [9.17, 15) is 0 Å². The average Bonchev–Trinajstić information content (AvgIpc) is 3.48. The van der Waals surface area contributed by atoms with Crippen LogP contribution >= 0.6 is 0 Å². The molecular weight excluding hydrogens is 392 g/mol. The molecule has 2 aliphatic rings. The number of hydrogen-bond donors (Lipinski definition) is 1. The predicted molar refractivity (Wildman–Crippen MR) is 118 cm³/mol. The number of nitrogens with one attached hydrogen (secondary N) is 1. The van der Waals surface area contributed by atoms with Gasteiger partial charge in [-0.25, -0.2) is 9.97 Å². The molecule has 0 amide bonds. The highest BCUT2D eigenvalue weighted by Gasteiger charge is 2.35. The first-order valence-corrected chi connectivity index (χ1v) is 10.8. The molecule has 1 fully saturated rings. The van der Waals surface area contributed by atoms with Gasteiger partial charge in [0.15, 0.2) is 17.4 Å². The van der Waals surface area contributed by atoms with Crippen molar-refractivity contribution in [1.82, 2.24) is 20.1 Å². The number of H-pyrrole nitrogens is 1. The first-order valence-electron chi connectivity index (χ1n) is 10.8. The summed E-state index contributed by atoms with van der Waals surface area (Å²) in [7, 11) is 0. The number of aryl methyl sites for hydroxylation is 1.